The van der Waals surface area contributed by atoms with Crippen molar-refractivity contribution >= 4 is 34.5 Å². The maximum Gasteiger partial charge on any atom is 0.188 e. The van der Waals surface area contributed by atoms with Crippen LogP contribution in [0.15, 0.2) is 40.6 Å². The Morgan fingerprint density at radius 2 is 1.26 bits per heavy atom. The van der Waals surface area contributed by atoms with E-state index in [0.717, 1.165) is 48.4 Å². The lowest BCUT2D eigenvalue weighted by Gasteiger charge is -2.20. The number of rotatable bonds is 11. The van der Waals surface area contributed by atoms with Gasteiger partial charge in [0.25, 0.3) is 0 Å². The van der Waals surface area contributed by atoms with Gasteiger partial charge in [-0.05, 0) is 86.8 Å². The number of pyridine rings is 1. The van der Waals surface area contributed by atoms with Gasteiger partial charge in [-0.25, -0.2) is 4.98 Å². The molecule has 0 radical (unpaired) electrons. The molecule has 8 nitrogen and oxygen atoms in total. The van der Waals surface area contributed by atoms with Crippen molar-refractivity contribution in [2.24, 2.45) is 10.2 Å². The minimum atomic E-state index is 0.348. The highest BCUT2D eigenvalue weighted by Gasteiger charge is 2.18. The summed E-state index contributed by atoms with van der Waals surface area (Å²) in [6.45, 7) is 16.9. The Bertz CT molecular complexity index is 1600. The average Bonchev–Trinajstić information content (AvgIpc) is 3.39. The zero-order valence-corrected chi connectivity index (χ0v) is 26.2. The molecular formula is C34H42N8. The fraction of sp³-hybridized carbons (Fsp3) is 0.382. The van der Waals surface area contributed by atoms with Crippen LogP contribution < -0.4 is 10.6 Å². The Balaban J connectivity index is 1.88. The second-order valence-corrected chi connectivity index (χ2v) is 10.7. The first-order valence-electron chi connectivity index (χ1n) is 15.0. The average molecular weight is 563 g/mol. The predicted molar refractivity (Wildman–Crippen MR) is 172 cm³/mol. The van der Waals surface area contributed by atoms with E-state index in [1.54, 1.807) is 0 Å². The molecule has 0 saturated carbocycles. The summed E-state index contributed by atoms with van der Waals surface area (Å²) in [5.74, 6) is 1.69. The Hall–Kier alpha value is -4.51. The summed E-state index contributed by atoms with van der Waals surface area (Å²) < 4.78 is 0. The van der Waals surface area contributed by atoms with E-state index in [-0.39, 0.29) is 0 Å². The third-order valence-corrected chi connectivity index (χ3v) is 7.61. The summed E-state index contributed by atoms with van der Waals surface area (Å²) in [6.07, 6.45) is 4.23. The van der Waals surface area contributed by atoms with Crippen LogP contribution in [0.2, 0.25) is 0 Å². The van der Waals surface area contributed by atoms with E-state index in [1.165, 1.54) is 33.4 Å². The van der Waals surface area contributed by atoms with Gasteiger partial charge in [0.05, 0.1) is 5.69 Å². The van der Waals surface area contributed by atoms with Gasteiger partial charge in [0, 0.05) is 11.4 Å². The summed E-state index contributed by atoms with van der Waals surface area (Å²) in [5.41, 5.74) is 12.2. The van der Waals surface area contributed by atoms with Crippen molar-refractivity contribution in [3.63, 3.8) is 0 Å². The maximum absolute atomic E-state index is 9.69. The number of aromatic nitrogens is 3. The van der Waals surface area contributed by atoms with E-state index in [1.807, 2.05) is 19.9 Å². The predicted octanol–water partition coefficient (Wildman–Crippen LogP) is 9.32. The molecule has 0 amide bonds. The highest BCUT2D eigenvalue weighted by molar-refractivity contribution is 5.78. The second-order valence-electron chi connectivity index (χ2n) is 10.7. The van der Waals surface area contributed by atoms with Crippen LogP contribution in [0.3, 0.4) is 0 Å². The van der Waals surface area contributed by atoms with Crippen LogP contribution in [0.25, 0.3) is 0 Å². The Kier molecular flexibility index (Phi) is 9.74. The number of hydrogen-bond donors (Lipinski definition) is 3. The van der Waals surface area contributed by atoms with Crippen molar-refractivity contribution in [1.82, 2.24) is 15.2 Å². The summed E-state index contributed by atoms with van der Waals surface area (Å²) in [7, 11) is 0. The number of anilines is 4. The molecule has 0 spiro atoms. The zero-order chi connectivity index (χ0) is 30.4. The van der Waals surface area contributed by atoms with E-state index < -0.39 is 0 Å². The van der Waals surface area contributed by atoms with Crippen molar-refractivity contribution < 1.29 is 0 Å². The first-order valence-corrected chi connectivity index (χ1v) is 15.0. The van der Waals surface area contributed by atoms with Crippen LogP contribution in [0.1, 0.15) is 84.8 Å². The molecule has 4 rings (SSSR count). The third-order valence-electron chi connectivity index (χ3n) is 7.61. The van der Waals surface area contributed by atoms with Crippen LogP contribution >= 0.6 is 0 Å². The van der Waals surface area contributed by atoms with Crippen LogP contribution in [0, 0.1) is 32.1 Å². The van der Waals surface area contributed by atoms with Crippen molar-refractivity contribution in [3.05, 3.63) is 80.5 Å². The van der Waals surface area contributed by atoms with Crippen LogP contribution in [0.5, 0.6) is 0 Å². The number of nitriles is 1. The van der Waals surface area contributed by atoms with Crippen molar-refractivity contribution in [2.75, 3.05) is 10.6 Å². The largest absolute Gasteiger partial charge is 0.340 e. The van der Waals surface area contributed by atoms with Gasteiger partial charge in [-0.2, -0.15) is 10.4 Å². The number of H-pyrrole nitrogens is 1. The Labute approximate surface area is 249 Å². The second kappa shape index (κ2) is 13.4. The molecule has 0 fully saturated rings. The lowest BCUT2D eigenvalue weighted by atomic mass is 9.99. The topological polar surface area (TPSA) is 114 Å². The van der Waals surface area contributed by atoms with Crippen molar-refractivity contribution in [1.29, 1.82) is 5.26 Å². The summed E-state index contributed by atoms with van der Waals surface area (Å²) in [5, 5.41) is 33.2. The van der Waals surface area contributed by atoms with Gasteiger partial charge in [0.1, 0.15) is 23.1 Å². The smallest absolute Gasteiger partial charge is 0.188 e. The van der Waals surface area contributed by atoms with E-state index in [2.05, 4.69) is 103 Å². The van der Waals surface area contributed by atoms with Crippen molar-refractivity contribution in [2.45, 2.75) is 87.5 Å². The molecule has 0 atom stereocenters. The standard InChI is InChI=1S/C34H42N8/c1-9-23-14-20(6)15-24(10-2)31(23)36-29-18-22(8)30(40-42-33-27(19-35)28(13-5)39-41-33)34(37-29)38-32-25(11-3)16-21(7)17-26(32)12-4/h14-18H,9-13H2,1-8H3,(H,39,41)(H2,36,37,38). The molecular weight excluding hydrogens is 520 g/mol. The molecule has 2 heterocycles. The molecule has 0 aliphatic heterocycles. The fourth-order valence-corrected chi connectivity index (χ4v) is 5.42. The molecule has 0 unspecified atom stereocenters. The highest BCUT2D eigenvalue weighted by Crippen LogP contribution is 2.38. The van der Waals surface area contributed by atoms with E-state index in [0.29, 0.717) is 35.0 Å². The molecule has 2 aromatic heterocycles. The van der Waals surface area contributed by atoms with Gasteiger partial charge >= 0.3 is 0 Å². The monoisotopic (exact) mass is 562 g/mol. The van der Waals surface area contributed by atoms with Gasteiger partial charge < -0.3 is 10.6 Å². The van der Waals surface area contributed by atoms with Gasteiger partial charge in [0.2, 0.25) is 0 Å². The maximum atomic E-state index is 9.69. The molecule has 3 N–H and O–H groups in total. The van der Waals surface area contributed by atoms with Crippen LogP contribution in [-0.4, -0.2) is 15.2 Å². The number of benzene rings is 2. The Morgan fingerprint density at radius 3 is 1.74 bits per heavy atom. The van der Waals surface area contributed by atoms with Gasteiger partial charge in [-0.3, -0.25) is 5.10 Å². The normalized spacial score (nSPS) is 11.2. The molecule has 4 aromatic rings. The van der Waals surface area contributed by atoms with Gasteiger partial charge in [-0.15, -0.1) is 10.2 Å². The van der Waals surface area contributed by atoms with Gasteiger partial charge in [-0.1, -0.05) is 70.0 Å². The molecule has 0 bridgehead atoms. The number of nitrogens with zero attached hydrogens (tertiary/aromatic N) is 5. The quantitative estimate of drug-likeness (QED) is 0.158. The summed E-state index contributed by atoms with van der Waals surface area (Å²) in [6, 6.07) is 13.1. The van der Waals surface area contributed by atoms with E-state index in [9.17, 15) is 5.26 Å². The number of azo groups is 1. The summed E-state index contributed by atoms with van der Waals surface area (Å²) >= 11 is 0. The zero-order valence-electron chi connectivity index (χ0n) is 26.2. The molecule has 0 aliphatic carbocycles. The minimum Gasteiger partial charge on any atom is -0.340 e. The lowest BCUT2D eigenvalue weighted by Crippen LogP contribution is -2.06. The number of aromatic amines is 1. The molecule has 42 heavy (non-hydrogen) atoms. The SMILES string of the molecule is CCc1cc(C)cc(CC)c1Nc1cc(C)c(N=Nc2[nH]nc(CC)c2C#N)c(Nc2c(CC)cc(C)cc2CC)n1. The fourth-order valence-electron chi connectivity index (χ4n) is 5.42. The Morgan fingerprint density at radius 1 is 0.738 bits per heavy atom. The number of aryl methyl sites for hydroxylation is 8. The number of hydrogen-bond acceptors (Lipinski definition) is 7. The van der Waals surface area contributed by atoms with Crippen LogP contribution in [0.4, 0.5) is 34.5 Å². The molecule has 0 saturated heterocycles. The lowest BCUT2D eigenvalue weighted by molar-refractivity contribution is 0.967. The highest BCUT2D eigenvalue weighted by atomic mass is 15.2. The van der Waals surface area contributed by atoms with Crippen molar-refractivity contribution in [3.8, 4) is 6.07 Å². The minimum absolute atomic E-state index is 0.348. The molecule has 0 aliphatic rings. The van der Waals surface area contributed by atoms with Crippen LogP contribution in [-0.2, 0) is 32.1 Å². The third kappa shape index (κ3) is 6.36. The van der Waals surface area contributed by atoms with Gasteiger partial charge in [0.15, 0.2) is 11.6 Å². The summed E-state index contributed by atoms with van der Waals surface area (Å²) in [4.78, 5) is 5.08. The molecule has 8 heteroatoms. The van der Waals surface area contributed by atoms with E-state index >= 15 is 0 Å². The molecule has 2 aromatic carbocycles. The van der Waals surface area contributed by atoms with E-state index in [4.69, 9.17) is 4.98 Å². The first kappa shape index (κ1) is 30.4. The first-order chi connectivity index (χ1) is 20.3. The number of nitrogens with one attached hydrogen (secondary N) is 3. The molecule has 218 valence electrons.